The Bertz CT molecular complexity index is 89.6. The molecule has 0 radical (unpaired) electrons. The summed E-state index contributed by atoms with van der Waals surface area (Å²) in [4.78, 5) is 5.06. The first-order valence-corrected chi connectivity index (χ1v) is 4.81. The summed E-state index contributed by atoms with van der Waals surface area (Å²) < 4.78 is 0. The zero-order valence-corrected chi connectivity index (χ0v) is 7.44. The van der Waals surface area contributed by atoms with E-state index in [0.29, 0.717) is 6.04 Å². The van der Waals surface area contributed by atoms with Crippen molar-refractivity contribution in [1.29, 1.82) is 0 Å². The van der Waals surface area contributed by atoms with Crippen molar-refractivity contribution in [3.05, 3.63) is 0 Å². The summed E-state index contributed by atoms with van der Waals surface area (Å²) >= 11 is 0. The maximum Gasteiger partial charge on any atom is 0.0698 e. The van der Waals surface area contributed by atoms with Gasteiger partial charge in [-0.05, 0) is 12.8 Å². The molecule has 0 aromatic heterocycles. The summed E-state index contributed by atoms with van der Waals surface area (Å²) in [7, 11) is 0. The lowest BCUT2D eigenvalue weighted by atomic mass is 10.1. The second-order valence-electron chi connectivity index (χ2n) is 3.30. The van der Waals surface area contributed by atoms with Crippen molar-refractivity contribution >= 4 is 0 Å². The van der Waals surface area contributed by atoms with Crippen molar-refractivity contribution in [1.82, 2.24) is 5.48 Å². The molecule has 1 aliphatic heterocycles. The first-order chi connectivity index (χ1) is 5.43. The van der Waals surface area contributed by atoms with Crippen LogP contribution in [0, 0.1) is 0 Å². The van der Waals surface area contributed by atoms with Crippen molar-refractivity contribution < 1.29 is 4.84 Å². The molecule has 1 unspecified atom stereocenters. The van der Waals surface area contributed by atoms with Crippen LogP contribution >= 0.6 is 0 Å². The average Bonchev–Trinajstić information content (AvgIpc) is 2.50. The number of rotatable bonds is 5. The molecule has 1 saturated heterocycles. The molecular formula is C9H19NO. The fourth-order valence-corrected chi connectivity index (χ4v) is 1.46. The van der Waals surface area contributed by atoms with Crippen LogP contribution in [-0.2, 0) is 4.84 Å². The fourth-order valence-electron chi connectivity index (χ4n) is 1.46. The molecule has 2 nitrogen and oxygen atoms in total. The van der Waals surface area contributed by atoms with Gasteiger partial charge in [-0.15, -0.1) is 0 Å². The molecule has 1 heterocycles. The lowest BCUT2D eigenvalue weighted by Gasteiger charge is -2.06. The van der Waals surface area contributed by atoms with Gasteiger partial charge in [-0.1, -0.05) is 32.6 Å². The normalized spacial score (nSPS) is 24.3. The van der Waals surface area contributed by atoms with E-state index in [2.05, 4.69) is 12.4 Å². The van der Waals surface area contributed by atoms with Gasteiger partial charge in [0.25, 0.3) is 0 Å². The maximum absolute atomic E-state index is 5.06. The molecule has 0 bridgehead atoms. The van der Waals surface area contributed by atoms with E-state index in [4.69, 9.17) is 4.84 Å². The van der Waals surface area contributed by atoms with Crippen LogP contribution in [0.4, 0.5) is 0 Å². The number of hydrogen-bond acceptors (Lipinski definition) is 2. The predicted octanol–water partition coefficient (Wildman–Crippen LogP) is 2.25. The van der Waals surface area contributed by atoms with Crippen molar-refractivity contribution in [2.75, 3.05) is 6.61 Å². The molecule has 2 heteroatoms. The number of hydroxylamine groups is 1. The van der Waals surface area contributed by atoms with E-state index in [1.165, 1.54) is 38.5 Å². The lowest BCUT2D eigenvalue weighted by Crippen LogP contribution is -2.19. The minimum absolute atomic E-state index is 0.645. The Morgan fingerprint density at radius 1 is 1.36 bits per heavy atom. The topological polar surface area (TPSA) is 21.3 Å². The van der Waals surface area contributed by atoms with Crippen LogP contribution < -0.4 is 5.48 Å². The third kappa shape index (κ3) is 3.73. The van der Waals surface area contributed by atoms with Crippen molar-refractivity contribution in [2.24, 2.45) is 0 Å². The summed E-state index contributed by atoms with van der Waals surface area (Å²) in [5.41, 5.74) is 3.03. The molecule has 1 aliphatic rings. The average molecular weight is 157 g/mol. The Kier molecular flexibility index (Phi) is 4.55. The second-order valence-corrected chi connectivity index (χ2v) is 3.30. The molecule has 0 saturated carbocycles. The zero-order valence-electron chi connectivity index (χ0n) is 7.44. The minimum Gasteiger partial charge on any atom is -0.301 e. The van der Waals surface area contributed by atoms with Crippen LogP contribution in [0.2, 0.25) is 0 Å². The molecule has 1 N–H and O–H groups in total. The lowest BCUT2D eigenvalue weighted by molar-refractivity contribution is 0.0864. The number of nitrogens with one attached hydrogen (secondary N) is 1. The molecule has 11 heavy (non-hydrogen) atoms. The molecular weight excluding hydrogens is 138 g/mol. The van der Waals surface area contributed by atoms with E-state index in [0.717, 1.165) is 6.61 Å². The van der Waals surface area contributed by atoms with Crippen LogP contribution in [-0.4, -0.2) is 12.6 Å². The van der Waals surface area contributed by atoms with Gasteiger partial charge in [0, 0.05) is 6.04 Å². The molecule has 0 aromatic carbocycles. The summed E-state index contributed by atoms with van der Waals surface area (Å²) in [5, 5.41) is 0. The van der Waals surface area contributed by atoms with Crippen LogP contribution in [0.1, 0.15) is 45.4 Å². The third-order valence-corrected chi connectivity index (χ3v) is 2.22. The van der Waals surface area contributed by atoms with E-state index >= 15 is 0 Å². The van der Waals surface area contributed by atoms with E-state index in [1.807, 2.05) is 0 Å². The molecule has 1 atom stereocenters. The number of hydrogen-bond donors (Lipinski definition) is 1. The highest BCUT2D eigenvalue weighted by molar-refractivity contribution is 4.65. The fraction of sp³-hybridized carbons (Fsp3) is 1.00. The standard InChI is InChI=1S/C9H19NO/c1-2-3-4-5-6-9-7-8-11-10-9/h9-10H,2-8H2,1H3. The van der Waals surface area contributed by atoms with Gasteiger partial charge in [0.2, 0.25) is 0 Å². The zero-order chi connectivity index (χ0) is 7.94. The van der Waals surface area contributed by atoms with Gasteiger partial charge in [0.05, 0.1) is 6.61 Å². The van der Waals surface area contributed by atoms with Gasteiger partial charge in [-0.3, -0.25) is 0 Å². The molecule has 0 amide bonds. The largest absolute Gasteiger partial charge is 0.301 e. The maximum atomic E-state index is 5.06. The quantitative estimate of drug-likeness (QED) is 0.618. The van der Waals surface area contributed by atoms with E-state index in [-0.39, 0.29) is 0 Å². The SMILES string of the molecule is CCCCCCC1CCON1. The van der Waals surface area contributed by atoms with Crippen LogP contribution in [0.5, 0.6) is 0 Å². The number of unbranched alkanes of at least 4 members (excludes halogenated alkanes) is 3. The molecule has 0 spiro atoms. The Balaban J connectivity index is 1.86. The highest BCUT2D eigenvalue weighted by Crippen LogP contribution is 2.11. The predicted molar refractivity (Wildman–Crippen MR) is 46.3 cm³/mol. The van der Waals surface area contributed by atoms with Gasteiger partial charge < -0.3 is 4.84 Å². The van der Waals surface area contributed by atoms with Crippen LogP contribution in [0.3, 0.4) is 0 Å². The Morgan fingerprint density at radius 2 is 2.27 bits per heavy atom. The summed E-state index contributed by atoms with van der Waals surface area (Å²) in [5.74, 6) is 0. The molecule has 66 valence electrons. The van der Waals surface area contributed by atoms with Gasteiger partial charge in [0.1, 0.15) is 0 Å². The Hall–Kier alpha value is -0.0800. The molecule has 0 aromatic rings. The van der Waals surface area contributed by atoms with Crippen LogP contribution in [0.15, 0.2) is 0 Å². The summed E-state index contributed by atoms with van der Waals surface area (Å²) in [6.45, 7) is 3.15. The Morgan fingerprint density at radius 3 is 2.91 bits per heavy atom. The minimum atomic E-state index is 0.645. The highest BCUT2D eigenvalue weighted by Gasteiger charge is 2.13. The van der Waals surface area contributed by atoms with Crippen molar-refractivity contribution in [3.8, 4) is 0 Å². The molecule has 1 fully saturated rings. The van der Waals surface area contributed by atoms with Gasteiger partial charge in [-0.2, -0.15) is 5.48 Å². The van der Waals surface area contributed by atoms with Crippen molar-refractivity contribution in [3.63, 3.8) is 0 Å². The van der Waals surface area contributed by atoms with E-state index in [1.54, 1.807) is 0 Å². The third-order valence-electron chi connectivity index (χ3n) is 2.22. The molecule has 0 aliphatic carbocycles. The highest BCUT2D eigenvalue weighted by atomic mass is 16.7. The van der Waals surface area contributed by atoms with Gasteiger partial charge in [0.15, 0.2) is 0 Å². The smallest absolute Gasteiger partial charge is 0.0698 e. The monoisotopic (exact) mass is 157 g/mol. The van der Waals surface area contributed by atoms with Crippen LogP contribution in [0.25, 0.3) is 0 Å². The van der Waals surface area contributed by atoms with Gasteiger partial charge in [-0.25, -0.2) is 0 Å². The first kappa shape index (κ1) is 9.01. The van der Waals surface area contributed by atoms with E-state index < -0.39 is 0 Å². The molecule has 1 rings (SSSR count). The second kappa shape index (κ2) is 5.56. The Labute approximate surface area is 69.3 Å². The summed E-state index contributed by atoms with van der Waals surface area (Å²) in [6.07, 6.45) is 7.94. The van der Waals surface area contributed by atoms with Crippen molar-refractivity contribution in [2.45, 2.75) is 51.5 Å². The van der Waals surface area contributed by atoms with E-state index in [9.17, 15) is 0 Å². The first-order valence-electron chi connectivity index (χ1n) is 4.81. The van der Waals surface area contributed by atoms with Gasteiger partial charge >= 0.3 is 0 Å². The summed E-state index contributed by atoms with van der Waals surface area (Å²) in [6, 6.07) is 0.645.